The highest BCUT2D eigenvalue weighted by molar-refractivity contribution is 9.09. The minimum Gasteiger partial charge on any atom is -0.492 e. The molecule has 1 aromatic carbocycles. The molecule has 1 nitrogen and oxygen atoms in total. The minimum atomic E-state index is 0.164. The van der Waals surface area contributed by atoms with Crippen LogP contribution in [-0.2, 0) is 5.41 Å². The highest BCUT2D eigenvalue weighted by atomic mass is 79.9. The summed E-state index contributed by atoms with van der Waals surface area (Å²) in [5.41, 5.74) is 3.01. The lowest BCUT2D eigenvalue weighted by Crippen LogP contribution is -2.18. The number of alkyl halides is 1. The summed E-state index contributed by atoms with van der Waals surface area (Å²) in [6.45, 7) is 5.36. The largest absolute Gasteiger partial charge is 0.492 e. The zero-order valence-corrected chi connectivity index (χ0v) is 13.2. The fourth-order valence-corrected chi connectivity index (χ4v) is 5.31. The van der Waals surface area contributed by atoms with Crippen molar-refractivity contribution in [3.8, 4) is 5.75 Å². The monoisotopic (exact) mass is 320 g/mol. The van der Waals surface area contributed by atoms with Crippen molar-refractivity contribution in [3.05, 3.63) is 29.3 Å². The number of ether oxygens (including phenoxy) is 1. The summed E-state index contributed by atoms with van der Waals surface area (Å²) in [6.07, 6.45) is 4.37. The summed E-state index contributed by atoms with van der Waals surface area (Å²) in [7, 11) is 0. The van der Waals surface area contributed by atoms with Crippen LogP contribution in [0.3, 0.4) is 0 Å². The average molecular weight is 321 g/mol. The molecule has 0 spiro atoms. The van der Waals surface area contributed by atoms with E-state index in [1.54, 1.807) is 0 Å². The van der Waals surface area contributed by atoms with E-state index >= 15 is 0 Å². The first-order valence-corrected chi connectivity index (χ1v) is 8.41. The van der Waals surface area contributed by atoms with Gasteiger partial charge in [-0.1, -0.05) is 48.3 Å². The van der Waals surface area contributed by atoms with E-state index in [4.69, 9.17) is 4.74 Å². The first kappa shape index (κ1) is 12.3. The van der Waals surface area contributed by atoms with Gasteiger partial charge in [-0.2, -0.15) is 0 Å². The fraction of sp³-hybridized carbons (Fsp3) is 0.647. The molecule has 3 atom stereocenters. The molecule has 0 N–H and O–H groups in total. The first-order chi connectivity index (χ1) is 9.08. The maximum atomic E-state index is 5.78. The molecule has 1 heterocycles. The van der Waals surface area contributed by atoms with E-state index < -0.39 is 0 Å². The van der Waals surface area contributed by atoms with E-state index in [0.29, 0.717) is 4.83 Å². The van der Waals surface area contributed by atoms with E-state index in [2.05, 4.69) is 48.0 Å². The molecule has 102 valence electrons. The van der Waals surface area contributed by atoms with Crippen LogP contribution in [-0.4, -0.2) is 6.61 Å². The number of hydrogen-bond acceptors (Lipinski definition) is 1. The van der Waals surface area contributed by atoms with Gasteiger partial charge in [0.1, 0.15) is 5.75 Å². The molecule has 2 aliphatic carbocycles. The molecule has 4 rings (SSSR count). The number of rotatable bonds is 2. The molecule has 0 aromatic heterocycles. The molecule has 1 aliphatic heterocycles. The normalized spacial score (nSPS) is 35.4. The van der Waals surface area contributed by atoms with Gasteiger partial charge >= 0.3 is 0 Å². The van der Waals surface area contributed by atoms with E-state index in [0.717, 1.165) is 30.1 Å². The van der Waals surface area contributed by atoms with Gasteiger partial charge in [0, 0.05) is 15.8 Å². The van der Waals surface area contributed by atoms with Crippen molar-refractivity contribution in [2.24, 2.45) is 17.8 Å². The van der Waals surface area contributed by atoms with Gasteiger partial charge in [0.25, 0.3) is 0 Å². The third kappa shape index (κ3) is 1.79. The molecular formula is C17H21BrO. The Kier molecular flexibility index (Phi) is 2.58. The predicted molar refractivity (Wildman–Crippen MR) is 81.0 cm³/mol. The van der Waals surface area contributed by atoms with Crippen LogP contribution in [0.2, 0.25) is 0 Å². The second kappa shape index (κ2) is 4.00. The maximum Gasteiger partial charge on any atom is 0.123 e. The zero-order chi connectivity index (χ0) is 13.2. The van der Waals surface area contributed by atoms with Gasteiger partial charge in [0.2, 0.25) is 0 Å². The molecule has 3 aliphatic rings. The summed E-state index contributed by atoms with van der Waals surface area (Å²) in [5, 5.41) is 0. The van der Waals surface area contributed by atoms with Gasteiger partial charge in [0.05, 0.1) is 6.61 Å². The Morgan fingerprint density at radius 3 is 2.74 bits per heavy atom. The van der Waals surface area contributed by atoms with Crippen molar-refractivity contribution in [3.63, 3.8) is 0 Å². The first-order valence-electron chi connectivity index (χ1n) is 7.49. The summed E-state index contributed by atoms with van der Waals surface area (Å²) in [4.78, 5) is 0.546. The third-order valence-corrected chi connectivity index (χ3v) is 6.59. The average Bonchev–Trinajstić information content (AvgIpc) is 2.74. The van der Waals surface area contributed by atoms with Gasteiger partial charge in [0.15, 0.2) is 0 Å². The van der Waals surface area contributed by atoms with Crippen molar-refractivity contribution in [2.75, 3.05) is 6.61 Å². The smallest absolute Gasteiger partial charge is 0.123 e. The number of hydrogen-bond donors (Lipinski definition) is 0. The summed E-state index contributed by atoms with van der Waals surface area (Å²) in [5.74, 6) is 3.98. The van der Waals surface area contributed by atoms with E-state index in [1.807, 2.05) is 0 Å². The molecule has 2 fully saturated rings. The third-order valence-electron chi connectivity index (χ3n) is 5.45. The highest BCUT2D eigenvalue weighted by Crippen LogP contribution is 2.64. The molecule has 0 radical (unpaired) electrons. The molecule has 1 aromatic rings. The molecule has 2 heteroatoms. The Bertz CT molecular complexity index is 512. The second-order valence-electron chi connectivity index (χ2n) is 7.17. The van der Waals surface area contributed by atoms with Gasteiger partial charge < -0.3 is 4.74 Å². The number of benzene rings is 1. The minimum absolute atomic E-state index is 0.164. The molecular weight excluding hydrogens is 300 g/mol. The van der Waals surface area contributed by atoms with Crippen molar-refractivity contribution in [1.82, 2.24) is 0 Å². The van der Waals surface area contributed by atoms with Crippen molar-refractivity contribution in [2.45, 2.75) is 43.4 Å². The molecule has 3 unspecified atom stereocenters. The lowest BCUT2D eigenvalue weighted by atomic mass is 9.85. The van der Waals surface area contributed by atoms with E-state index in [-0.39, 0.29) is 5.41 Å². The Labute approximate surface area is 123 Å². The molecule has 2 saturated carbocycles. The quantitative estimate of drug-likeness (QED) is 0.708. The number of halogens is 1. The fourth-order valence-electron chi connectivity index (χ4n) is 4.24. The van der Waals surface area contributed by atoms with Crippen LogP contribution < -0.4 is 4.74 Å². The van der Waals surface area contributed by atoms with Crippen LogP contribution in [0, 0.1) is 17.8 Å². The standard InChI is InChI=1S/C17H21BrO/c1-17(2)9-19-14-7-6-10(8-13(14)17)16(18)15-11-4-3-5-12(11)15/h6-8,11-12,15-16H,3-5,9H2,1-2H3. The van der Waals surface area contributed by atoms with Crippen LogP contribution in [0.25, 0.3) is 0 Å². The Hall–Kier alpha value is -0.500. The Morgan fingerprint density at radius 2 is 2.00 bits per heavy atom. The molecule has 0 bridgehead atoms. The lowest BCUT2D eigenvalue weighted by molar-refractivity contribution is 0.291. The van der Waals surface area contributed by atoms with E-state index in [9.17, 15) is 0 Å². The van der Waals surface area contributed by atoms with Crippen molar-refractivity contribution in [1.29, 1.82) is 0 Å². The number of fused-ring (bicyclic) bond motifs is 2. The molecule has 0 saturated heterocycles. The van der Waals surface area contributed by atoms with Crippen LogP contribution >= 0.6 is 15.9 Å². The van der Waals surface area contributed by atoms with Crippen molar-refractivity contribution < 1.29 is 4.74 Å². The Balaban J connectivity index is 1.62. The molecule has 19 heavy (non-hydrogen) atoms. The topological polar surface area (TPSA) is 9.23 Å². The second-order valence-corrected chi connectivity index (χ2v) is 8.15. The summed E-state index contributed by atoms with van der Waals surface area (Å²) >= 11 is 3.97. The van der Waals surface area contributed by atoms with E-state index in [1.165, 1.54) is 30.4 Å². The van der Waals surface area contributed by atoms with Gasteiger partial charge in [-0.3, -0.25) is 0 Å². The SMILES string of the molecule is CC1(C)COc2ccc(C(Br)C3C4CCCC43)cc21. The van der Waals surface area contributed by atoms with Crippen molar-refractivity contribution >= 4 is 15.9 Å². The van der Waals surface area contributed by atoms with Gasteiger partial charge in [-0.25, -0.2) is 0 Å². The van der Waals surface area contributed by atoms with Gasteiger partial charge in [-0.05, 0) is 42.2 Å². The van der Waals surface area contributed by atoms with Crippen LogP contribution in [0.5, 0.6) is 5.75 Å². The predicted octanol–water partition coefficient (Wildman–Crippen LogP) is 4.84. The molecule has 0 amide bonds. The van der Waals surface area contributed by atoms with Gasteiger partial charge in [-0.15, -0.1) is 0 Å². The van der Waals surface area contributed by atoms with Crippen LogP contribution in [0.15, 0.2) is 18.2 Å². The highest BCUT2D eigenvalue weighted by Gasteiger charge is 2.55. The van der Waals surface area contributed by atoms with Crippen LogP contribution in [0.1, 0.15) is 49.1 Å². The lowest BCUT2D eigenvalue weighted by Gasteiger charge is -2.18. The Morgan fingerprint density at radius 1 is 1.26 bits per heavy atom. The maximum absolute atomic E-state index is 5.78. The summed E-state index contributed by atoms with van der Waals surface area (Å²) < 4.78 is 5.78. The summed E-state index contributed by atoms with van der Waals surface area (Å²) in [6, 6.07) is 6.81. The van der Waals surface area contributed by atoms with Crippen LogP contribution in [0.4, 0.5) is 0 Å². The zero-order valence-electron chi connectivity index (χ0n) is 11.7.